The average molecular weight is 1490 g/mol. The molecule has 0 radical (unpaired) electrons. The Morgan fingerprint density at radius 1 is 0.306 bits per heavy atom. The van der Waals surface area contributed by atoms with Gasteiger partial charge in [-0.3, -0.25) is 0 Å². The summed E-state index contributed by atoms with van der Waals surface area (Å²) in [5.41, 5.74) is 3.30. The summed E-state index contributed by atoms with van der Waals surface area (Å²) in [6, 6.07) is 55.8. The Bertz CT molecular complexity index is 6910. The van der Waals surface area contributed by atoms with E-state index in [1.165, 1.54) is 69.9 Å². The van der Waals surface area contributed by atoms with E-state index < -0.39 is 28.3 Å². The molecular weight excluding hydrogens is 1430 g/mol. The fourth-order valence-corrected chi connectivity index (χ4v) is 12.9. The Morgan fingerprint density at radius 2 is 0.704 bits per heavy atom. The van der Waals surface area contributed by atoms with Crippen LogP contribution in [0.4, 0.5) is 4.39 Å². The smallest absolute Gasteiger partial charge is 0.345 e. The molecule has 6 heterocycles. The highest BCUT2D eigenvalue weighted by molar-refractivity contribution is 6.37. The number of phenolic OH excluding ortho intramolecular Hbond substituents is 5. The third-order valence-corrected chi connectivity index (χ3v) is 18.5. The molecule has 0 spiro atoms. The number of phenols is 5. The van der Waals surface area contributed by atoms with Gasteiger partial charge in [0.15, 0.2) is 11.6 Å². The quantitative estimate of drug-likeness (QED) is 0.0810. The zero-order valence-electron chi connectivity index (χ0n) is 58.0. The molecule has 0 saturated carbocycles. The zero-order chi connectivity index (χ0) is 76.7. The highest BCUT2D eigenvalue weighted by Gasteiger charge is 2.18. The molecule has 12 aromatic carbocycles. The van der Waals surface area contributed by atoms with E-state index in [9.17, 15) is 58.7 Å². The van der Waals surface area contributed by atoms with Crippen molar-refractivity contribution in [1.82, 2.24) is 0 Å². The minimum atomic E-state index is -0.531. The number of fused-ring (bicyclic) bond motifs is 18. The number of rotatable bonds is 3. The van der Waals surface area contributed by atoms with Gasteiger partial charge in [-0.05, 0) is 159 Å². The minimum absolute atomic E-state index is 0.0182. The van der Waals surface area contributed by atoms with Crippen molar-refractivity contribution in [3.63, 3.8) is 0 Å². The number of hydrogen-bond donors (Lipinski definition) is 5. The van der Waals surface area contributed by atoms with E-state index >= 15 is 0 Å². The molecule has 18 aromatic rings. The van der Waals surface area contributed by atoms with E-state index in [1.54, 1.807) is 91.9 Å². The normalized spacial score (nSPS) is 11.1. The summed E-state index contributed by atoms with van der Waals surface area (Å²) in [5.74, 6) is 0.782. The maximum absolute atomic E-state index is 13.7. The molecule has 6 aromatic heterocycles. The van der Waals surface area contributed by atoms with Crippen LogP contribution in [0, 0.1) is 33.5 Å². The number of hydrogen-bond acceptors (Lipinski definition) is 20. The van der Waals surface area contributed by atoms with E-state index in [0.29, 0.717) is 110 Å². The summed E-state index contributed by atoms with van der Waals surface area (Å²) < 4.78 is 60.0. The van der Waals surface area contributed by atoms with Gasteiger partial charge in [0.2, 0.25) is 0 Å². The molecule has 108 heavy (non-hydrogen) atoms. The first-order chi connectivity index (χ1) is 51.8. The van der Waals surface area contributed by atoms with Crippen LogP contribution in [0.1, 0.15) is 22.3 Å². The van der Waals surface area contributed by atoms with E-state index in [2.05, 4.69) is 0 Å². The molecule has 23 heteroatoms. The summed E-state index contributed by atoms with van der Waals surface area (Å²) in [6.07, 6.45) is 0. The molecule has 0 bridgehead atoms. The molecule has 0 amide bonds. The van der Waals surface area contributed by atoms with Crippen LogP contribution in [0.3, 0.4) is 0 Å². The van der Waals surface area contributed by atoms with Crippen molar-refractivity contribution in [3.8, 4) is 46.0 Å². The van der Waals surface area contributed by atoms with Gasteiger partial charge in [-0.1, -0.05) is 95.0 Å². The number of aromatic hydroxyl groups is 5. The van der Waals surface area contributed by atoms with Crippen LogP contribution in [0.15, 0.2) is 255 Å². The molecule has 18 rings (SSSR count). The largest absolute Gasteiger partial charge is 0.508 e. The van der Waals surface area contributed by atoms with Crippen LogP contribution in [-0.2, 0) is 0 Å². The van der Waals surface area contributed by atoms with Gasteiger partial charge in [-0.15, -0.1) is 0 Å². The second-order valence-electron chi connectivity index (χ2n) is 24.9. The number of methoxy groups -OCH3 is 3. The molecule has 0 aliphatic heterocycles. The van der Waals surface area contributed by atoms with E-state index in [1.807, 2.05) is 87.5 Å². The fourth-order valence-electron chi connectivity index (χ4n) is 12.4. The third kappa shape index (κ3) is 14.3. The molecule has 5 N–H and O–H groups in total. The summed E-state index contributed by atoms with van der Waals surface area (Å²) >= 11 is 12.1. The van der Waals surface area contributed by atoms with E-state index in [0.717, 1.165) is 54.4 Å². The number of halogens is 3. The molecule has 0 aliphatic carbocycles. The molecule has 0 saturated heterocycles. The first kappa shape index (κ1) is 72.7. The van der Waals surface area contributed by atoms with Crippen LogP contribution < -0.4 is 48.0 Å². The molecule has 0 aliphatic rings. The van der Waals surface area contributed by atoms with Gasteiger partial charge < -0.3 is 66.2 Å². The van der Waals surface area contributed by atoms with Gasteiger partial charge >= 0.3 is 33.8 Å². The summed E-state index contributed by atoms with van der Waals surface area (Å²) in [7, 11) is 4.39. The highest BCUT2D eigenvalue weighted by atomic mass is 35.5. The van der Waals surface area contributed by atoms with Crippen molar-refractivity contribution in [2.75, 3.05) is 21.3 Å². The van der Waals surface area contributed by atoms with Crippen molar-refractivity contribution in [3.05, 3.63) is 301 Å². The van der Waals surface area contributed by atoms with Gasteiger partial charge in [0.05, 0.1) is 63.7 Å². The zero-order valence-corrected chi connectivity index (χ0v) is 59.6. The lowest BCUT2D eigenvalue weighted by molar-refractivity contribution is 0.387. The van der Waals surface area contributed by atoms with Crippen molar-refractivity contribution in [2.24, 2.45) is 0 Å². The van der Waals surface area contributed by atoms with Crippen molar-refractivity contribution < 1.29 is 70.6 Å². The molecule has 0 atom stereocenters. The lowest BCUT2D eigenvalue weighted by Crippen LogP contribution is -2.01. The number of aryl methyl sites for hydroxylation is 4. The van der Waals surface area contributed by atoms with Crippen LogP contribution in [-0.4, -0.2) is 46.9 Å². The van der Waals surface area contributed by atoms with Crippen molar-refractivity contribution in [2.45, 2.75) is 27.7 Å². The first-order valence-electron chi connectivity index (χ1n) is 32.8. The van der Waals surface area contributed by atoms with E-state index in [4.69, 9.17) is 63.9 Å². The monoisotopic (exact) mass is 1490 g/mol. The van der Waals surface area contributed by atoms with Crippen LogP contribution in [0.5, 0.6) is 46.0 Å². The topological polar surface area (TPSA) is 310 Å². The third-order valence-electron chi connectivity index (χ3n) is 17.8. The molecule has 0 fully saturated rings. The number of ether oxygens (including phenoxy) is 3. The molecule has 0 unspecified atom stereocenters. The van der Waals surface area contributed by atoms with Gasteiger partial charge in [-0.25, -0.2) is 33.2 Å². The van der Waals surface area contributed by atoms with Crippen LogP contribution in [0.2, 0.25) is 10.0 Å². The lowest BCUT2D eigenvalue weighted by Gasteiger charge is -2.07. The number of benzene rings is 12. The van der Waals surface area contributed by atoms with E-state index in [-0.39, 0.29) is 55.8 Å². The Hall–Kier alpha value is -13.6. The van der Waals surface area contributed by atoms with Crippen LogP contribution in [0.25, 0.3) is 130 Å². The Morgan fingerprint density at radius 3 is 1.27 bits per heavy atom. The van der Waals surface area contributed by atoms with Gasteiger partial charge in [-0.2, -0.15) is 0 Å². The maximum Gasteiger partial charge on any atom is 0.345 e. The van der Waals surface area contributed by atoms with Crippen LogP contribution >= 0.6 is 23.2 Å². The summed E-state index contributed by atoms with van der Waals surface area (Å²) in [6.45, 7) is 7.50. The second-order valence-corrected chi connectivity index (χ2v) is 25.6. The van der Waals surface area contributed by atoms with Gasteiger partial charge in [0.1, 0.15) is 73.7 Å². The summed E-state index contributed by atoms with van der Waals surface area (Å²) in [5, 5.41) is 59.7. The highest BCUT2D eigenvalue weighted by Crippen LogP contribution is 2.38. The minimum Gasteiger partial charge on any atom is -0.508 e. The Labute approximate surface area is 616 Å². The summed E-state index contributed by atoms with van der Waals surface area (Å²) in [4.78, 5) is 71.2. The SMILES string of the molecule is COc1cc2c(=O)oc3ccccc3c2cc1F.COc1ccc2c(c1)c(=O)oc1cc(O)c(Cl)cc12.COc1ccc2c(c1Cl)c(=O)oc1ccccc12.Cc1cc2c(cc1O)oc(=O)c1cc(O)ccc12.Cc1ccc2c(=O)oc3cc(O)ccc3c2c1.Cc1ccc2c(c1)c(=O)oc1cc(O)c(C)cc12. The Kier molecular flexibility index (Phi) is 20.1. The lowest BCUT2D eigenvalue weighted by atomic mass is 10.0. The standard InChI is InChI=1S/C15H12O3.C14H9ClO4.C14H9ClO3.C14H9FO3.C14H10O4.C14H10O3/c1-8-3-4-10-11-6-9(2)13(16)7-14(11)18-15(17)12(10)5-8;1-18-7-2-3-8-9-5-11(15)12(16)6-13(9)19-14(17)10(8)4-7;1-17-11-7-6-9-8-4-2-3-5-10(8)18-14(16)12(9)13(11)15;1-17-13-7-10-9(6-11(13)15)8-4-2-3-5-12(8)18-14(10)16;1-7-4-10-9-3-2-8(15)5-11(9)14(17)18-13(10)6-12(7)16;1-8-2-4-11-12(6-8)10-5-3-9(15)7-13(10)17-14(11)16/h3-7,16H,1-2H3;2-6,16H,1H3;2*2-7H,1H3;2-6,15-16H,1H3;2-7,15H,1H3. The second kappa shape index (κ2) is 29.8. The van der Waals surface area contributed by atoms with Gasteiger partial charge in [0, 0.05) is 83.5 Å². The molecule has 540 valence electrons. The average Bonchev–Trinajstić information content (AvgIpc) is 0.791. The molecule has 20 nitrogen and oxygen atoms in total. The predicted octanol–water partition coefficient (Wildman–Crippen LogP) is 18.9. The first-order valence-corrected chi connectivity index (χ1v) is 33.6. The number of para-hydroxylation sites is 2. The van der Waals surface area contributed by atoms with Gasteiger partial charge in [0.25, 0.3) is 0 Å². The van der Waals surface area contributed by atoms with Crippen molar-refractivity contribution in [1.29, 1.82) is 0 Å². The molecular formula is C85H59Cl2FO20. The fraction of sp³-hybridized carbons (Fsp3) is 0.0824. The maximum atomic E-state index is 13.7. The Balaban J connectivity index is 0.000000114. The predicted molar refractivity (Wildman–Crippen MR) is 417 cm³/mol. The van der Waals surface area contributed by atoms with Crippen molar-refractivity contribution >= 4 is 154 Å².